The van der Waals surface area contributed by atoms with E-state index in [0.29, 0.717) is 0 Å². The molecule has 2 amide bonds. The molecule has 0 aliphatic heterocycles. The summed E-state index contributed by atoms with van der Waals surface area (Å²) < 4.78 is 4.92. The molecule has 8 heteroatoms. The van der Waals surface area contributed by atoms with Gasteiger partial charge in [0.15, 0.2) is 6.61 Å². The first-order chi connectivity index (χ1) is 12.3. The topological polar surface area (TPSA) is 108 Å². The summed E-state index contributed by atoms with van der Waals surface area (Å²) in [5.41, 5.74) is -0.714. The van der Waals surface area contributed by atoms with E-state index < -0.39 is 36.0 Å². The van der Waals surface area contributed by atoms with Crippen LogP contribution in [0.1, 0.15) is 37.0 Å². The Morgan fingerprint density at radius 3 is 2.62 bits per heavy atom. The number of carbonyl (C=O) groups is 3. The highest BCUT2D eigenvalue weighted by Crippen LogP contribution is 2.39. The largest absolute Gasteiger partial charge is 0.454 e. The number of rotatable bonds is 7. The number of esters is 1. The molecule has 1 aromatic rings. The van der Waals surface area contributed by atoms with Gasteiger partial charge < -0.3 is 15.4 Å². The number of ether oxygens (including phenoxy) is 1. The first-order valence-electron chi connectivity index (χ1n) is 8.21. The van der Waals surface area contributed by atoms with Crippen molar-refractivity contribution in [3.05, 3.63) is 34.9 Å². The fraction of sp³-hybridized carbons (Fsp3) is 0.444. The van der Waals surface area contributed by atoms with Crippen LogP contribution in [0.3, 0.4) is 0 Å². The highest BCUT2D eigenvalue weighted by atomic mass is 35.5. The Bertz CT molecular complexity index is 757. The second-order valence-corrected chi connectivity index (χ2v) is 6.83. The number of benzene rings is 1. The molecule has 2 rings (SSSR count). The number of nitrogens with zero attached hydrogens (tertiary/aromatic N) is 1. The van der Waals surface area contributed by atoms with Gasteiger partial charge in [-0.1, -0.05) is 23.7 Å². The SMILES string of the molecule is C[C@H](NC(=O)c1ccccc1Cl)C(=O)OCC(=O)N[C@@](C)(C#N)C1CC1. The van der Waals surface area contributed by atoms with Crippen LogP contribution in [0.15, 0.2) is 24.3 Å². The molecule has 26 heavy (non-hydrogen) atoms. The molecule has 2 N–H and O–H groups in total. The van der Waals surface area contributed by atoms with Crippen LogP contribution >= 0.6 is 11.6 Å². The number of hydrogen-bond donors (Lipinski definition) is 2. The van der Waals surface area contributed by atoms with E-state index in [1.165, 1.54) is 13.0 Å². The summed E-state index contributed by atoms with van der Waals surface area (Å²) in [6.07, 6.45) is 1.77. The zero-order valence-electron chi connectivity index (χ0n) is 14.5. The van der Waals surface area contributed by atoms with E-state index in [1.54, 1.807) is 25.1 Å². The Morgan fingerprint density at radius 2 is 2.04 bits per heavy atom. The van der Waals surface area contributed by atoms with Crippen LogP contribution < -0.4 is 10.6 Å². The van der Waals surface area contributed by atoms with Crippen molar-refractivity contribution in [2.75, 3.05) is 6.61 Å². The normalized spacial score (nSPS) is 16.5. The molecule has 1 aromatic carbocycles. The average molecular weight is 378 g/mol. The molecule has 1 saturated carbocycles. The lowest BCUT2D eigenvalue weighted by atomic mass is 9.98. The van der Waals surface area contributed by atoms with Crippen LogP contribution in [-0.2, 0) is 14.3 Å². The highest BCUT2D eigenvalue weighted by molar-refractivity contribution is 6.33. The predicted molar refractivity (Wildman–Crippen MR) is 94.2 cm³/mol. The van der Waals surface area contributed by atoms with Gasteiger partial charge in [-0.2, -0.15) is 5.26 Å². The van der Waals surface area contributed by atoms with Crippen molar-refractivity contribution in [3.63, 3.8) is 0 Å². The van der Waals surface area contributed by atoms with Gasteiger partial charge in [0.2, 0.25) is 0 Å². The Balaban J connectivity index is 1.82. The summed E-state index contributed by atoms with van der Waals surface area (Å²) >= 11 is 5.93. The Morgan fingerprint density at radius 1 is 1.38 bits per heavy atom. The molecule has 1 fully saturated rings. The van der Waals surface area contributed by atoms with E-state index >= 15 is 0 Å². The third kappa shape index (κ3) is 4.96. The van der Waals surface area contributed by atoms with Crippen LogP contribution in [0.4, 0.5) is 0 Å². The van der Waals surface area contributed by atoms with Crippen LogP contribution in [0.2, 0.25) is 5.02 Å². The molecule has 0 radical (unpaired) electrons. The summed E-state index contributed by atoms with van der Waals surface area (Å²) in [5.74, 6) is -1.71. The van der Waals surface area contributed by atoms with Crippen molar-refractivity contribution < 1.29 is 19.1 Å². The van der Waals surface area contributed by atoms with Crippen molar-refractivity contribution in [1.29, 1.82) is 5.26 Å². The second kappa shape index (κ2) is 8.19. The average Bonchev–Trinajstić information content (AvgIpc) is 3.45. The van der Waals surface area contributed by atoms with E-state index in [1.807, 2.05) is 0 Å². The van der Waals surface area contributed by atoms with Gasteiger partial charge in [-0.05, 0) is 44.7 Å². The maximum absolute atomic E-state index is 12.1. The summed E-state index contributed by atoms with van der Waals surface area (Å²) in [6.45, 7) is 2.57. The van der Waals surface area contributed by atoms with Gasteiger partial charge in [0.25, 0.3) is 11.8 Å². The van der Waals surface area contributed by atoms with E-state index in [4.69, 9.17) is 16.3 Å². The maximum Gasteiger partial charge on any atom is 0.328 e. The Labute approximate surface area is 156 Å². The lowest BCUT2D eigenvalue weighted by Crippen LogP contribution is -2.49. The monoisotopic (exact) mass is 377 g/mol. The molecule has 2 atom stereocenters. The molecule has 138 valence electrons. The number of halogens is 1. The molecule has 0 spiro atoms. The quantitative estimate of drug-likeness (QED) is 0.704. The molecule has 0 bridgehead atoms. The van der Waals surface area contributed by atoms with Crippen molar-refractivity contribution in [3.8, 4) is 6.07 Å². The molecule has 0 unspecified atom stereocenters. The van der Waals surface area contributed by atoms with Gasteiger partial charge in [0.1, 0.15) is 11.6 Å². The molecule has 7 nitrogen and oxygen atoms in total. The lowest BCUT2D eigenvalue weighted by Gasteiger charge is -2.23. The first kappa shape index (κ1) is 19.7. The van der Waals surface area contributed by atoms with E-state index in [9.17, 15) is 19.6 Å². The van der Waals surface area contributed by atoms with Gasteiger partial charge in [0, 0.05) is 0 Å². The van der Waals surface area contributed by atoms with Gasteiger partial charge in [-0.3, -0.25) is 9.59 Å². The fourth-order valence-electron chi connectivity index (χ4n) is 2.45. The number of nitrogens with one attached hydrogen (secondary N) is 2. The highest BCUT2D eigenvalue weighted by Gasteiger charge is 2.43. The van der Waals surface area contributed by atoms with Crippen molar-refractivity contribution in [1.82, 2.24) is 10.6 Å². The van der Waals surface area contributed by atoms with Gasteiger partial charge in [-0.25, -0.2) is 4.79 Å². The molecule has 1 aliphatic carbocycles. The molecule has 0 aromatic heterocycles. The zero-order valence-corrected chi connectivity index (χ0v) is 15.3. The zero-order chi connectivity index (χ0) is 19.3. The fourth-order valence-corrected chi connectivity index (χ4v) is 2.67. The van der Waals surface area contributed by atoms with Crippen LogP contribution in [0.5, 0.6) is 0 Å². The number of carbonyl (C=O) groups excluding carboxylic acids is 3. The number of hydrogen-bond acceptors (Lipinski definition) is 5. The minimum atomic E-state index is -0.961. The first-order valence-corrected chi connectivity index (χ1v) is 8.59. The number of nitriles is 1. The molecule has 1 aliphatic rings. The number of amides is 2. The van der Waals surface area contributed by atoms with Crippen molar-refractivity contribution in [2.24, 2.45) is 5.92 Å². The summed E-state index contributed by atoms with van der Waals surface area (Å²) in [6, 6.07) is 7.56. The minimum Gasteiger partial charge on any atom is -0.454 e. The summed E-state index contributed by atoms with van der Waals surface area (Å²) in [5, 5.41) is 14.5. The molecular formula is C18H20ClN3O4. The van der Waals surface area contributed by atoms with Crippen LogP contribution in [0.25, 0.3) is 0 Å². The van der Waals surface area contributed by atoms with E-state index in [-0.39, 0.29) is 16.5 Å². The Hall–Kier alpha value is -2.59. The van der Waals surface area contributed by atoms with E-state index in [2.05, 4.69) is 16.7 Å². The molecule has 0 heterocycles. The minimum absolute atomic E-state index is 0.126. The van der Waals surface area contributed by atoms with Crippen LogP contribution in [0, 0.1) is 17.2 Å². The molecular weight excluding hydrogens is 358 g/mol. The Kier molecular flexibility index (Phi) is 6.22. The van der Waals surface area contributed by atoms with Gasteiger partial charge in [-0.15, -0.1) is 0 Å². The molecule has 0 saturated heterocycles. The smallest absolute Gasteiger partial charge is 0.328 e. The maximum atomic E-state index is 12.1. The predicted octanol–water partition coefficient (Wildman–Crippen LogP) is 1.81. The summed E-state index contributed by atoms with van der Waals surface area (Å²) in [7, 11) is 0. The third-order valence-electron chi connectivity index (χ3n) is 4.19. The standard InChI is InChI=1S/C18H20ClN3O4/c1-11(21-16(24)13-5-3-4-6-14(13)19)17(25)26-9-15(23)22-18(2,10-20)12-7-8-12/h3-6,11-12H,7-9H2,1-2H3,(H,21,24)(H,22,23)/t11-,18-/m0/s1. The van der Waals surface area contributed by atoms with Crippen molar-refractivity contribution >= 4 is 29.4 Å². The van der Waals surface area contributed by atoms with E-state index in [0.717, 1.165) is 12.8 Å². The van der Waals surface area contributed by atoms with Gasteiger partial charge in [0.05, 0.1) is 16.7 Å². The summed E-state index contributed by atoms with van der Waals surface area (Å²) in [4.78, 5) is 36.0. The van der Waals surface area contributed by atoms with Crippen molar-refractivity contribution in [2.45, 2.75) is 38.3 Å². The second-order valence-electron chi connectivity index (χ2n) is 6.42. The lowest BCUT2D eigenvalue weighted by molar-refractivity contribution is -0.150. The van der Waals surface area contributed by atoms with Gasteiger partial charge >= 0.3 is 5.97 Å². The van der Waals surface area contributed by atoms with Crippen LogP contribution in [-0.4, -0.2) is 36.0 Å². The third-order valence-corrected chi connectivity index (χ3v) is 4.52.